The van der Waals surface area contributed by atoms with Gasteiger partial charge in [-0.25, -0.2) is 0 Å². The second-order valence-electron chi connectivity index (χ2n) is 5.98. The lowest BCUT2D eigenvalue weighted by atomic mass is 9.84. The van der Waals surface area contributed by atoms with Gasteiger partial charge in [0.15, 0.2) is 0 Å². The highest BCUT2D eigenvalue weighted by atomic mass is 16.2. The second kappa shape index (κ2) is 6.55. The van der Waals surface area contributed by atoms with E-state index in [0.717, 1.165) is 12.5 Å². The zero-order valence-electron chi connectivity index (χ0n) is 12.0. The number of rotatable bonds is 6. The molecule has 0 bridgehead atoms. The Morgan fingerprint density at radius 2 is 1.89 bits per heavy atom. The fourth-order valence-electron chi connectivity index (χ4n) is 3.18. The van der Waals surface area contributed by atoms with Gasteiger partial charge in [0.2, 0.25) is 5.91 Å². The van der Waals surface area contributed by atoms with Crippen LogP contribution in [0.4, 0.5) is 0 Å². The van der Waals surface area contributed by atoms with Crippen LogP contribution in [-0.2, 0) is 4.79 Å². The molecule has 2 rings (SSSR count). The average molecular weight is 252 g/mol. The number of nitrogens with zero attached hydrogens (tertiary/aromatic N) is 1. The van der Waals surface area contributed by atoms with Crippen molar-refractivity contribution in [2.75, 3.05) is 13.1 Å². The third kappa shape index (κ3) is 3.71. The van der Waals surface area contributed by atoms with Gasteiger partial charge in [-0.2, -0.15) is 0 Å². The molecule has 0 saturated heterocycles. The lowest BCUT2D eigenvalue weighted by Gasteiger charge is -2.29. The van der Waals surface area contributed by atoms with Crippen molar-refractivity contribution in [3.8, 4) is 0 Å². The molecule has 0 heterocycles. The van der Waals surface area contributed by atoms with Crippen LogP contribution in [0.1, 0.15) is 58.8 Å². The maximum Gasteiger partial charge on any atom is 0.236 e. The lowest BCUT2D eigenvalue weighted by Crippen LogP contribution is -2.44. The van der Waals surface area contributed by atoms with Gasteiger partial charge >= 0.3 is 0 Å². The summed E-state index contributed by atoms with van der Waals surface area (Å²) >= 11 is 0. The molecule has 2 fully saturated rings. The molecule has 2 aliphatic carbocycles. The first kappa shape index (κ1) is 13.9. The molecule has 1 amide bonds. The van der Waals surface area contributed by atoms with Crippen LogP contribution in [0, 0.1) is 5.92 Å². The first-order valence-electron chi connectivity index (χ1n) is 7.75. The summed E-state index contributed by atoms with van der Waals surface area (Å²) in [5.41, 5.74) is 0. The highest BCUT2D eigenvalue weighted by molar-refractivity contribution is 5.78. The van der Waals surface area contributed by atoms with Crippen molar-refractivity contribution in [2.24, 2.45) is 5.92 Å². The van der Waals surface area contributed by atoms with Crippen molar-refractivity contribution < 1.29 is 4.79 Å². The molecule has 3 nitrogen and oxygen atoms in total. The maximum atomic E-state index is 12.1. The Bertz CT molecular complexity index is 270. The molecular weight excluding hydrogens is 224 g/mol. The SMILES string of the molecule is CCN(C(=O)CN[C@@H](C)C1CCCCC1)C1CC1. The third-order valence-electron chi connectivity index (χ3n) is 4.58. The summed E-state index contributed by atoms with van der Waals surface area (Å²) in [4.78, 5) is 14.1. The summed E-state index contributed by atoms with van der Waals surface area (Å²) in [5.74, 6) is 1.07. The number of hydrogen-bond acceptors (Lipinski definition) is 2. The van der Waals surface area contributed by atoms with E-state index in [2.05, 4.69) is 19.2 Å². The average Bonchev–Trinajstić information content (AvgIpc) is 3.22. The van der Waals surface area contributed by atoms with E-state index in [4.69, 9.17) is 0 Å². The highest BCUT2D eigenvalue weighted by Gasteiger charge is 2.31. The Labute approximate surface area is 111 Å². The fourth-order valence-corrected chi connectivity index (χ4v) is 3.18. The van der Waals surface area contributed by atoms with Crippen LogP contribution in [0.3, 0.4) is 0 Å². The van der Waals surface area contributed by atoms with Gasteiger partial charge in [-0.1, -0.05) is 19.3 Å². The van der Waals surface area contributed by atoms with Crippen molar-refractivity contribution in [1.82, 2.24) is 10.2 Å². The summed E-state index contributed by atoms with van der Waals surface area (Å²) in [6.07, 6.45) is 9.22. The van der Waals surface area contributed by atoms with E-state index in [-0.39, 0.29) is 0 Å². The van der Waals surface area contributed by atoms with Crippen molar-refractivity contribution in [3.05, 3.63) is 0 Å². The molecule has 0 unspecified atom stereocenters. The molecule has 3 heteroatoms. The van der Waals surface area contributed by atoms with Gasteiger partial charge in [0, 0.05) is 18.6 Å². The molecule has 0 spiro atoms. The van der Waals surface area contributed by atoms with Gasteiger partial charge in [0.1, 0.15) is 0 Å². The normalized spacial score (nSPS) is 22.8. The van der Waals surface area contributed by atoms with Gasteiger partial charge < -0.3 is 10.2 Å². The number of likely N-dealkylation sites (N-methyl/N-ethyl adjacent to an activating group) is 1. The minimum Gasteiger partial charge on any atom is -0.339 e. The molecule has 18 heavy (non-hydrogen) atoms. The van der Waals surface area contributed by atoms with Crippen LogP contribution in [0.2, 0.25) is 0 Å². The topological polar surface area (TPSA) is 32.3 Å². The monoisotopic (exact) mass is 252 g/mol. The van der Waals surface area contributed by atoms with Crippen LogP contribution in [0.15, 0.2) is 0 Å². The van der Waals surface area contributed by atoms with Crippen molar-refractivity contribution in [3.63, 3.8) is 0 Å². The number of hydrogen-bond donors (Lipinski definition) is 1. The third-order valence-corrected chi connectivity index (χ3v) is 4.58. The van der Waals surface area contributed by atoms with Crippen molar-refractivity contribution in [1.29, 1.82) is 0 Å². The Kier molecular flexibility index (Phi) is 5.04. The number of carbonyl (C=O) groups excluding carboxylic acids is 1. The van der Waals surface area contributed by atoms with Crippen molar-refractivity contribution >= 4 is 5.91 Å². The maximum absolute atomic E-state index is 12.1. The van der Waals surface area contributed by atoms with E-state index < -0.39 is 0 Å². The molecule has 2 aliphatic rings. The molecule has 0 radical (unpaired) electrons. The zero-order chi connectivity index (χ0) is 13.0. The standard InChI is InChI=1S/C15H28N2O/c1-3-17(14-9-10-14)15(18)11-16-12(2)13-7-5-4-6-8-13/h12-14,16H,3-11H2,1-2H3/t12-/m0/s1. The van der Waals surface area contributed by atoms with Gasteiger partial charge in [-0.15, -0.1) is 0 Å². The smallest absolute Gasteiger partial charge is 0.236 e. The van der Waals surface area contributed by atoms with E-state index in [1.807, 2.05) is 4.90 Å². The predicted octanol–water partition coefficient (Wildman–Crippen LogP) is 2.56. The van der Waals surface area contributed by atoms with Gasteiger partial charge in [0.25, 0.3) is 0 Å². The minimum atomic E-state index is 0.294. The Hall–Kier alpha value is -0.570. The molecule has 0 aromatic heterocycles. The van der Waals surface area contributed by atoms with Crippen molar-refractivity contribution in [2.45, 2.75) is 70.9 Å². The molecule has 0 aromatic carbocycles. The Morgan fingerprint density at radius 1 is 1.22 bits per heavy atom. The zero-order valence-corrected chi connectivity index (χ0v) is 12.0. The number of amides is 1. The molecule has 0 aliphatic heterocycles. The summed E-state index contributed by atoms with van der Waals surface area (Å²) in [7, 11) is 0. The largest absolute Gasteiger partial charge is 0.339 e. The molecule has 2 saturated carbocycles. The fraction of sp³-hybridized carbons (Fsp3) is 0.933. The molecular formula is C15H28N2O. The Balaban J connectivity index is 1.70. The van der Waals surface area contributed by atoms with Crippen LogP contribution in [0.25, 0.3) is 0 Å². The predicted molar refractivity (Wildman–Crippen MR) is 74.4 cm³/mol. The quantitative estimate of drug-likeness (QED) is 0.788. The molecule has 104 valence electrons. The van der Waals surface area contributed by atoms with Gasteiger partial charge in [-0.3, -0.25) is 4.79 Å². The van der Waals surface area contributed by atoms with Crippen LogP contribution < -0.4 is 5.32 Å². The van der Waals surface area contributed by atoms with E-state index >= 15 is 0 Å². The summed E-state index contributed by atoms with van der Waals surface area (Å²) in [6, 6.07) is 1.04. The highest BCUT2D eigenvalue weighted by Crippen LogP contribution is 2.27. The second-order valence-corrected chi connectivity index (χ2v) is 5.98. The molecule has 1 N–H and O–H groups in total. The van der Waals surface area contributed by atoms with E-state index in [0.29, 0.717) is 24.5 Å². The summed E-state index contributed by atoms with van der Waals surface area (Å²) in [6.45, 7) is 5.72. The first-order valence-corrected chi connectivity index (χ1v) is 7.75. The van der Waals surface area contributed by atoms with Crippen LogP contribution >= 0.6 is 0 Å². The van der Waals surface area contributed by atoms with E-state index in [1.54, 1.807) is 0 Å². The molecule has 0 aromatic rings. The van der Waals surface area contributed by atoms with Gasteiger partial charge in [0.05, 0.1) is 6.54 Å². The number of nitrogens with one attached hydrogen (secondary N) is 1. The van der Waals surface area contributed by atoms with E-state index in [1.165, 1.54) is 44.9 Å². The Morgan fingerprint density at radius 3 is 2.44 bits per heavy atom. The lowest BCUT2D eigenvalue weighted by molar-refractivity contribution is -0.130. The first-order chi connectivity index (χ1) is 8.72. The minimum absolute atomic E-state index is 0.294. The summed E-state index contributed by atoms with van der Waals surface area (Å²) in [5, 5.41) is 3.46. The van der Waals surface area contributed by atoms with Gasteiger partial charge in [-0.05, 0) is 45.4 Å². The van der Waals surface area contributed by atoms with Crippen LogP contribution in [0.5, 0.6) is 0 Å². The number of carbonyl (C=O) groups is 1. The summed E-state index contributed by atoms with van der Waals surface area (Å²) < 4.78 is 0. The molecule has 1 atom stereocenters. The van der Waals surface area contributed by atoms with E-state index in [9.17, 15) is 4.79 Å². The van der Waals surface area contributed by atoms with Crippen LogP contribution in [-0.4, -0.2) is 36.0 Å².